The molecule has 82 valence electrons. The van der Waals surface area contributed by atoms with Crippen molar-refractivity contribution >= 4 is 21.8 Å². The van der Waals surface area contributed by atoms with Crippen molar-refractivity contribution in [2.75, 3.05) is 5.73 Å². The van der Waals surface area contributed by atoms with Crippen molar-refractivity contribution in [2.45, 2.75) is 4.90 Å². The molecule has 10 heteroatoms. The van der Waals surface area contributed by atoms with Crippen LogP contribution in [0, 0.1) is 0 Å². The van der Waals surface area contributed by atoms with Gasteiger partial charge in [-0.05, 0) is 11.6 Å². The second-order valence-electron chi connectivity index (χ2n) is 2.62. The second-order valence-corrected chi connectivity index (χ2v) is 3.98. The quantitative estimate of drug-likeness (QED) is 0.299. The molecule has 0 aromatic heterocycles. The first-order valence-electron chi connectivity index (χ1n) is 3.53. The van der Waals surface area contributed by atoms with E-state index in [0.29, 0.717) is 0 Å². The van der Waals surface area contributed by atoms with Crippen LogP contribution in [0.3, 0.4) is 0 Å². The fourth-order valence-corrected chi connectivity index (χ4v) is 1.71. The van der Waals surface area contributed by atoms with E-state index in [1.807, 2.05) is 0 Å². The van der Waals surface area contributed by atoms with E-state index in [2.05, 4.69) is 0 Å². The number of rotatable bonds is 2. The van der Waals surface area contributed by atoms with Crippen LogP contribution in [0.4, 0.5) is 5.69 Å². The Balaban J connectivity index is 0. The number of anilines is 1. The van der Waals surface area contributed by atoms with Crippen LogP contribution in [-0.2, 0) is 10.1 Å². The average Bonchev–Trinajstić information content (AvgIpc) is 2.00. The molecular weight excluding hydrogens is 240 g/mol. The summed E-state index contributed by atoms with van der Waals surface area (Å²) in [6, 6.07) is 1.69. The van der Waals surface area contributed by atoms with Gasteiger partial charge in [0.2, 0.25) is 0 Å². The third-order valence-electron chi connectivity index (χ3n) is 1.62. The minimum absolute atomic E-state index is 0. The Morgan fingerprint density at radius 1 is 1.29 bits per heavy atom. The van der Waals surface area contributed by atoms with Gasteiger partial charge in [-0.2, -0.15) is 8.42 Å². The monoisotopic (exact) mass is 245 g/mol. The topological polar surface area (TPSA) is 144 Å². The Morgan fingerprint density at radius 2 is 1.76 bits per heavy atom. The second kappa shape index (κ2) is 6.36. The zero-order valence-corrected chi connectivity index (χ0v) is 9.95. The van der Waals surface area contributed by atoms with E-state index >= 15 is 0 Å². The van der Waals surface area contributed by atoms with E-state index < -0.39 is 38.0 Å². The van der Waals surface area contributed by atoms with Crippen LogP contribution in [0.1, 0.15) is 10.4 Å². The Morgan fingerprint density at radius 3 is 2.12 bits per heavy atom. The van der Waals surface area contributed by atoms with Crippen molar-refractivity contribution in [2.24, 2.45) is 0 Å². The molecular formula is C7H5Li2NO6S. The number of carboxylic acids is 1. The van der Waals surface area contributed by atoms with Gasteiger partial charge in [0, 0.05) is 0 Å². The summed E-state index contributed by atoms with van der Waals surface area (Å²) in [7, 11) is -4.85. The molecule has 0 unspecified atom stereocenters. The first kappa shape index (κ1) is 18.8. The summed E-state index contributed by atoms with van der Waals surface area (Å²) in [5, 5.41) is 21.6. The van der Waals surface area contributed by atoms with Gasteiger partial charge in [-0.3, -0.25) is 4.55 Å². The Hall–Kier alpha value is -0.605. The fraction of sp³-hybridized carbons (Fsp3) is 0. The van der Waals surface area contributed by atoms with E-state index in [4.69, 9.17) is 10.3 Å². The molecule has 0 saturated heterocycles. The van der Waals surface area contributed by atoms with Crippen LogP contribution in [0.2, 0.25) is 0 Å². The van der Waals surface area contributed by atoms with E-state index in [1.54, 1.807) is 0 Å². The third-order valence-corrected chi connectivity index (χ3v) is 2.56. The molecule has 0 spiro atoms. The van der Waals surface area contributed by atoms with Crippen molar-refractivity contribution in [1.29, 1.82) is 0 Å². The van der Waals surface area contributed by atoms with Gasteiger partial charge in [0.15, 0.2) is 0 Å². The number of carbonyl (C=O) groups excluding carboxylic acids is 1. The minimum atomic E-state index is -4.85. The molecule has 17 heavy (non-hydrogen) atoms. The van der Waals surface area contributed by atoms with Gasteiger partial charge in [0.1, 0.15) is 4.90 Å². The molecule has 0 aliphatic rings. The summed E-state index contributed by atoms with van der Waals surface area (Å²) in [5.41, 5.74) is 3.73. The molecule has 0 amide bonds. The van der Waals surface area contributed by atoms with Gasteiger partial charge in [0.25, 0.3) is 10.1 Å². The molecule has 1 aromatic carbocycles. The average molecular weight is 245 g/mol. The van der Waals surface area contributed by atoms with Crippen molar-refractivity contribution < 1.29 is 65.7 Å². The van der Waals surface area contributed by atoms with Gasteiger partial charge in [-0.25, -0.2) is 0 Å². The van der Waals surface area contributed by atoms with Gasteiger partial charge in [-0.1, -0.05) is 11.8 Å². The number of carbonyl (C=O) groups is 1. The third kappa shape index (κ3) is 3.96. The van der Waals surface area contributed by atoms with Crippen molar-refractivity contribution in [3.8, 4) is 5.75 Å². The zero-order chi connectivity index (χ0) is 11.8. The maximum absolute atomic E-state index is 11.2. The number of hydrogen-bond donors (Lipinski definition) is 2. The van der Waals surface area contributed by atoms with Gasteiger partial charge in [0.05, 0.1) is 11.7 Å². The summed E-state index contributed by atoms with van der Waals surface area (Å²) in [5.74, 6) is -3.23. The Kier molecular flexibility index (Phi) is 7.02. The predicted molar refractivity (Wildman–Crippen MR) is 44.4 cm³/mol. The van der Waals surface area contributed by atoms with Crippen LogP contribution in [0.15, 0.2) is 17.0 Å². The molecule has 0 aliphatic heterocycles. The van der Waals surface area contributed by atoms with Crippen LogP contribution in [0.5, 0.6) is 5.75 Å². The van der Waals surface area contributed by atoms with Crippen molar-refractivity contribution in [3.63, 3.8) is 0 Å². The normalized spacial score (nSPS) is 9.94. The largest absolute Gasteiger partial charge is 1.00 e. The number of aromatic carboxylic acids is 1. The molecule has 3 N–H and O–H groups in total. The molecule has 0 fully saturated rings. The summed E-state index contributed by atoms with van der Waals surface area (Å²) in [6.07, 6.45) is 0. The van der Waals surface area contributed by atoms with Gasteiger partial charge >= 0.3 is 37.7 Å². The van der Waals surface area contributed by atoms with Crippen molar-refractivity contribution in [3.05, 3.63) is 17.7 Å². The molecule has 0 atom stereocenters. The van der Waals surface area contributed by atoms with E-state index in [-0.39, 0.29) is 37.7 Å². The maximum atomic E-state index is 11.2. The zero-order valence-electron chi connectivity index (χ0n) is 9.13. The van der Waals surface area contributed by atoms with Crippen molar-refractivity contribution in [1.82, 2.24) is 0 Å². The van der Waals surface area contributed by atoms with Crippen LogP contribution in [0.25, 0.3) is 0 Å². The first-order chi connectivity index (χ1) is 6.75. The molecule has 1 rings (SSSR count). The van der Waals surface area contributed by atoms with Crippen LogP contribution in [-0.4, -0.2) is 18.9 Å². The van der Waals surface area contributed by atoms with Crippen LogP contribution < -0.4 is 53.7 Å². The minimum Gasteiger partial charge on any atom is -0.871 e. The molecule has 0 heterocycles. The molecule has 1 aromatic rings. The summed E-state index contributed by atoms with van der Waals surface area (Å²) in [6.45, 7) is 0. The Bertz CT molecular complexity index is 529. The van der Waals surface area contributed by atoms with E-state index in [0.717, 1.165) is 12.1 Å². The summed E-state index contributed by atoms with van der Waals surface area (Å²) >= 11 is 0. The Labute approximate surface area is 121 Å². The van der Waals surface area contributed by atoms with Gasteiger partial charge < -0.3 is 20.7 Å². The summed E-state index contributed by atoms with van der Waals surface area (Å²) < 4.78 is 30.1. The number of nitrogens with two attached hydrogens (primary N) is 1. The number of nitrogen functional groups attached to an aromatic ring is 1. The number of hydrogen-bond acceptors (Lipinski definition) is 6. The molecule has 0 bridgehead atoms. The summed E-state index contributed by atoms with van der Waals surface area (Å²) in [4.78, 5) is 9.23. The SMILES string of the molecule is Nc1ccc(C(=O)[O-])c([O-])c1S(=O)(=O)O.[Li+].[Li+]. The fourth-order valence-electron chi connectivity index (χ4n) is 1.00. The molecule has 0 saturated carbocycles. The number of benzene rings is 1. The van der Waals surface area contributed by atoms with Gasteiger partial charge in [-0.15, -0.1) is 0 Å². The number of carboxylic acid groups (broad SMARTS) is 1. The predicted octanol–water partition coefficient (Wildman–Crippen LogP) is -8.04. The molecule has 7 nitrogen and oxygen atoms in total. The van der Waals surface area contributed by atoms with E-state index in [1.165, 1.54) is 0 Å². The molecule has 0 radical (unpaired) electrons. The first-order valence-corrected chi connectivity index (χ1v) is 4.97. The standard InChI is InChI=1S/C7H7NO6S.2Li/c8-4-2-1-3(7(10)11)5(9)6(4)15(12,13)14;;/h1-2,9H,8H2,(H,10,11)(H,12,13,14);;/q;2*+1/p-2. The van der Waals surface area contributed by atoms with E-state index in [9.17, 15) is 23.4 Å². The smallest absolute Gasteiger partial charge is 0.871 e. The van der Waals surface area contributed by atoms with Crippen LogP contribution >= 0.6 is 0 Å². The molecule has 0 aliphatic carbocycles. The maximum Gasteiger partial charge on any atom is 1.00 e.